The molecule has 109 valence electrons. The van der Waals surface area contributed by atoms with Crippen LogP contribution in [0.2, 0.25) is 0 Å². The fourth-order valence-corrected chi connectivity index (χ4v) is 1.03. The molecular formula is C12H11N2O6V+. The summed E-state index contributed by atoms with van der Waals surface area (Å²) in [5, 5.41) is 17.9. The predicted octanol–water partition coefficient (Wildman–Crippen LogP) is -2.41. The normalized spacial score (nSPS) is 7.62. The predicted molar refractivity (Wildman–Crippen MR) is 63.0 cm³/mol. The first-order valence-electron chi connectivity index (χ1n) is 4.86. The molecule has 0 unspecified atom stereocenters. The molecule has 0 aromatic carbocycles. The third-order valence-corrected chi connectivity index (χ3v) is 1.76. The van der Waals surface area contributed by atoms with E-state index >= 15 is 0 Å². The van der Waals surface area contributed by atoms with Crippen molar-refractivity contribution < 1.29 is 49.3 Å². The van der Waals surface area contributed by atoms with E-state index in [0.717, 1.165) is 11.4 Å². The Morgan fingerprint density at radius 2 is 1.14 bits per heavy atom. The average molecular weight is 330 g/mol. The summed E-state index contributed by atoms with van der Waals surface area (Å²) < 4.78 is 0. The van der Waals surface area contributed by atoms with Crippen molar-refractivity contribution in [3.8, 4) is 11.4 Å². The summed E-state index contributed by atoms with van der Waals surface area (Å²) in [6, 6.07) is 11.6. The maximum atomic E-state index is 8.93. The van der Waals surface area contributed by atoms with Crippen LogP contribution in [0.1, 0.15) is 0 Å². The molecule has 0 spiro atoms. The Hall–Kier alpha value is -2.26. The number of hydrogen-bond donors (Lipinski definition) is 0. The second-order valence-corrected chi connectivity index (χ2v) is 3.00. The van der Waals surface area contributed by atoms with Crippen LogP contribution in [0, 0.1) is 0 Å². The molecule has 0 bridgehead atoms. The maximum absolute atomic E-state index is 8.93. The van der Waals surface area contributed by atoms with Gasteiger partial charge in [-0.1, -0.05) is 12.1 Å². The Labute approximate surface area is 132 Å². The molecule has 2 heterocycles. The van der Waals surface area contributed by atoms with Crippen molar-refractivity contribution in [1.82, 2.24) is 9.97 Å². The molecule has 0 saturated heterocycles. The van der Waals surface area contributed by atoms with E-state index in [4.69, 9.17) is 19.8 Å². The van der Waals surface area contributed by atoms with E-state index in [1.54, 1.807) is 12.4 Å². The van der Waals surface area contributed by atoms with E-state index < -0.39 is 11.9 Å². The molecular weight excluding hydrogens is 319 g/mol. The van der Waals surface area contributed by atoms with Gasteiger partial charge in [0.2, 0.25) is 0 Å². The maximum Gasteiger partial charge on any atom is 4.00 e. The number of rotatable bonds is 1. The zero-order chi connectivity index (χ0) is 13.4. The van der Waals surface area contributed by atoms with Gasteiger partial charge in [0, 0.05) is 12.4 Å². The van der Waals surface area contributed by atoms with E-state index in [1.807, 2.05) is 36.4 Å². The van der Waals surface area contributed by atoms with Crippen molar-refractivity contribution in [3.63, 3.8) is 0 Å². The summed E-state index contributed by atoms with van der Waals surface area (Å²) in [7, 11) is 0. The number of pyridine rings is 2. The molecule has 1 radical (unpaired) electrons. The number of carbonyl (C=O) groups is 2. The van der Waals surface area contributed by atoms with Crippen LogP contribution >= 0.6 is 0 Å². The molecule has 0 aliphatic carbocycles. The van der Waals surface area contributed by atoms with Crippen molar-refractivity contribution >= 4 is 11.9 Å². The molecule has 0 aliphatic rings. The van der Waals surface area contributed by atoms with Crippen LogP contribution in [0.4, 0.5) is 0 Å². The summed E-state index contributed by atoms with van der Waals surface area (Å²) in [6.45, 7) is 0. The Kier molecular flexibility index (Phi) is 14.5. The molecule has 9 heteroatoms. The molecule has 21 heavy (non-hydrogen) atoms. The van der Waals surface area contributed by atoms with Crippen molar-refractivity contribution in [2.45, 2.75) is 0 Å². The van der Waals surface area contributed by atoms with Gasteiger partial charge in [-0.05, 0) is 24.3 Å². The van der Waals surface area contributed by atoms with E-state index in [0.29, 0.717) is 0 Å². The van der Waals surface area contributed by atoms with Gasteiger partial charge in [-0.15, -0.1) is 0 Å². The van der Waals surface area contributed by atoms with Crippen molar-refractivity contribution in [1.29, 1.82) is 0 Å². The molecule has 0 atom stereocenters. The number of nitrogens with zero attached hydrogens (tertiary/aromatic N) is 2. The fourth-order valence-electron chi connectivity index (χ4n) is 1.03. The van der Waals surface area contributed by atoms with E-state index in [-0.39, 0.29) is 29.5 Å². The molecule has 2 aromatic heterocycles. The molecule has 2 aromatic rings. The quantitative estimate of drug-likeness (QED) is 0.416. The molecule has 0 amide bonds. The number of aliphatic carboxylic acids is 2. The van der Waals surface area contributed by atoms with Gasteiger partial charge in [-0.2, -0.15) is 0 Å². The Balaban J connectivity index is -0.000000320. The largest absolute Gasteiger partial charge is 4.00 e. The Bertz CT molecular complexity index is 474. The Morgan fingerprint density at radius 1 is 0.810 bits per heavy atom. The van der Waals surface area contributed by atoms with Crippen molar-refractivity contribution in [3.05, 3.63) is 48.8 Å². The van der Waals surface area contributed by atoms with Gasteiger partial charge in [0.05, 0.1) is 23.3 Å². The van der Waals surface area contributed by atoms with E-state index in [2.05, 4.69) is 9.97 Å². The van der Waals surface area contributed by atoms with E-state index in [9.17, 15) is 0 Å². The smallest absolute Gasteiger partial charge is 2.00 e. The molecule has 0 aliphatic heterocycles. The van der Waals surface area contributed by atoms with Gasteiger partial charge in [0.15, 0.2) is 0 Å². The first-order chi connectivity index (χ1) is 8.61. The molecule has 0 fully saturated rings. The van der Waals surface area contributed by atoms with Gasteiger partial charge in [-0.25, -0.2) is 0 Å². The summed E-state index contributed by atoms with van der Waals surface area (Å²) >= 11 is 0. The van der Waals surface area contributed by atoms with Gasteiger partial charge >= 0.3 is 18.6 Å². The monoisotopic (exact) mass is 330 g/mol. The van der Waals surface area contributed by atoms with Crippen LogP contribution in [0.5, 0.6) is 0 Å². The first kappa shape index (κ1) is 23.8. The van der Waals surface area contributed by atoms with Gasteiger partial charge < -0.3 is 30.8 Å². The second-order valence-electron chi connectivity index (χ2n) is 3.00. The molecule has 8 nitrogen and oxygen atoms in total. The summed E-state index contributed by atoms with van der Waals surface area (Å²) in [6.07, 6.45) is 3.54. The molecule has 2 rings (SSSR count). The fraction of sp³-hybridized carbons (Fsp3) is 0. The third kappa shape index (κ3) is 9.30. The minimum absolute atomic E-state index is 0. The molecule has 0 saturated carbocycles. The minimum atomic E-state index is -2.19. The van der Waals surface area contributed by atoms with Crippen LogP contribution in [-0.4, -0.2) is 21.9 Å². The zero-order valence-electron chi connectivity index (χ0n) is 10.6. The van der Waals surface area contributed by atoms with Crippen LogP contribution in [0.25, 0.3) is 11.4 Å². The van der Waals surface area contributed by atoms with Crippen LogP contribution in [0.3, 0.4) is 0 Å². The van der Waals surface area contributed by atoms with Gasteiger partial charge in [-0.3, -0.25) is 9.97 Å². The number of aromatic nitrogens is 2. The number of carboxylic acids is 2. The van der Waals surface area contributed by atoms with Crippen LogP contribution in [-0.2, 0) is 39.1 Å². The number of carboxylic acid groups (broad SMARTS) is 2. The summed E-state index contributed by atoms with van der Waals surface area (Å²) in [5.41, 5.74) is 1.83. The van der Waals surface area contributed by atoms with Crippen LogP contribution < -0.4 is 10.2 Å². The SMILES string of the molecule is O=C([O-])C(=O)[O-].[O-2].[OH3+].[V+4].c1ccc(-c2ccccn2)nc1. The zero-order valence-corrected chi connectivity index (χ0v) is 12.0. The van der Waals surface area contributed by atoms with Crippen molar-refractivity contribution in [2.24, 2.45) is 0 Å². The topological polar surface area (TPSA) is 168 Å². The van der Waals surface area contributed by atoms with Gasteiger partial charge in [0.25, 0.3) is 0 Å². The minimum Gasteiger partial charge on any atom is -2.00 e. The van der Waals surface area contributed by atoms with Crippen molar-refractivity contribution in [2.75, 3.05) is 0 Å². The average Bonchev–Trinajstić information content (AvgIpc) is 2.41. The second kappa shape index (κ2) is 12.8. The number of hydrogen-bond acceptors (Lipinski definition) is 6. The van der Waals surface area contributed by atoms with E-state index in [1.165, 1.54) is 0 Å². The van der Waals surface area contributed by atoms with Gasteiger partial charge in [0.1, 0.15) is 0 Å². The summed E-state index contributed by atoms with van der Waals surface area (Å²) in [5.74, 6) is -4.37. The molecule has 3 N–H and O–H groups in total. The van der Waals surface area contributed by atoms with Crippen LogP contribution in [0.15, 0.2) is 48.8 Å². The third-order valence-electron chi connectivity index (χ3n) is 1.76. The first-order valence-corrected chi connectivity index (χ1v) is 4.86. The standard InChI is InChI=1S/C10H8N2.C2H2O4.H2O.O.V/c1-3-7-11-9(5-1)10-6-2-4-8-12-10;3-1(4)2(5)6;;;/h1-8H;(H,3,4)(H,5,6);1H2;;/q;;;-2;+4/p-1. The Morgan fingerprint density at radius 3 is 1.33 bits per heavy atom. The summed E-state index contributed by atoms with van der Waals surface area (Å²) in [4.78, 5) is 26.2. The number of carbonyl (C=O) groups excluding carboxylic acids is 2.